The van der Waals surface area contributed by atoms with E-state index in [9.17, 15) is 4.79 Å². The first-order valence-electron chi connectivity index (χ1n) is 8.14. The zero-order chi connectivity index (χ0) is 17.2. The molecule has 0 unspecified atom stereocenters. The summed E-state index contributed by atoms with van der Waals surface area (Å²) in [6, 6.07) is 6.12. The van der Waals surface area contributed by atoms with Gasteiger partial charge in [-0.05, 0) is 59.9 Å². The maximum absolute atomic E-state index is 11.0. The number of allylic oxidation sites excluding steroid dienone is 3. The van der Waals surface area contributed by atoms with E-state index in [2.05, 4.69) is 45.2 Å². The van der Waals surface area contributed by atoms with E-state index in [1.807, 2.05) is 6.07 Å². The molecule has 1 aromatic heterocycles. The first-order valence-corrected chi connectivity index (χ1v) is 8.52. The van der Waals surface area contributed by atoms with E-state index < -0.39 is 5.24 Å². The van der Waals surface area contributed by atoms with Gasteiger partial charge in [-0.15, -0.1) is 0 Å². The highest BCUT2D eigenvalue weighted by molar-refractivity contribution is 6.67. The monoisotopic (exact) mass is 353 g/mol. The number of halogens is 1. The van der Waals surface area contributed by atoms with E-state index in [4.69, 9.17) is 16.3 Å². The van der Waals surface area contributed by atoms with Crippen LogP contribution in [0.25, 0.3) is 0 Å². The minimum atomic E-state index is -0.634. The van der Waals surface area contributed by atoms with Gasteiger partial charge in [0.2, 0.25) is 5.88 Å². The summed E-state index contributed by atoms with van der Waals surface area (Å²) < 4.78 is 5.76. The van der Waals surface area contributed by atoms with Gasteiger partial charge in [-0.1, -0.05) is 12.1 Å². The molecule has 2 aromatic rings. The molecule has 0 N–H and O–H groups in total. The quantitative estimate of drug-likeness (QED) is 0.787. The summed E-state index contributed by atoms with van der Waals surface area (Å²) in [6.45, 7) is 2.03. The molecule has 2 heterocycles. The van der Waals surface area contributed by atoms with Gasteiger partial charge in [0.1, 0.15) is 11.4 Å². The molecule has 2 aliphatic rings. The lowest BCUT2D eigenvalue weighted by Gasteiger charge is -2.26. The second-order valence-electron chi connectivity index (χ2n) is 5.98. The molecule has 0 saturated heterocycles. The van der Waals surface area contributed by atoms with Crippen LogP contribution in [0.1, 0.15) is 21.6 Å². The lowest BCUT2D eigenvalue weighted by Crippen LogP contribution is -2.26. The van der Waals surface area contributed by atoms with Crippen molar-refractivity contribution in [1.29, 1.82) is 0 Å². The number of carbonyl (C=O) groups is 1. The molecular formula is C19H16ClN3O2. The summed E-state index contributed by atoms with van der Waals surface area (Å²) in [5, 5.41) is -0.634. The van der Waals surface area contributed by atoms with Crippen LogP contribution in [0.3, 0.4) is 0 Å². The van der Waals surface area contributed by atoms with Crippen molar-refractivity contribution in [2.45, 2.75) is 12.8 Å². The van der Waals surface area contributed by atoms with E-state index in [1.54, 1.807) is 0 Å². The summed E-state index contributed by atoms with van der Waals surface area (Å²) in [5.74, 6) is 1.05. The van der Waals surface area contributed by atoms with Crippen molar-refractivity contribution >= 4 is 16.8 Å². The topological polar surface area (TPSA) is 55.3 Å². The highest BCUT2D eigenvalue weighted by Gasteiger charge is 2.17. The van der Waals surface area contributed by atoms with Crippen molar-refractivity contribution in [1.82, 2.24) is 14.9 Å². The predicted molar refractivity (Wildman–Crippen MR) is 94.9 cm³/mol. The van der Waals surface area contributed by atoms with E-state index in [0.717, 1.165) is 25.9 Å². The van der Waals surface area contributed by atoms with Crippen molar-refractivity contribution < 1.29 is 9.53 Å². The number of nitrogens with zero attached hydrogens (tertiary/aromatic N) is 3. The van der Waals surface area contributed by atoms with Gasteiger partial charge in [0.05, 0.1) is 12.4 Å². The van der Waals surface area contributed by atoms with Crippen LogP contribution in [-0.4, -0.2) is 33.2 Å². The van der Waals surface area contributed by atoms with Gasteiger partial charge in [0.25, 0.3) is 5.24 Å². The normalized spacial score (nSPS) is 15.7. The summed E-state index contributed by atoms with van der Waals surface area (Å²) >= 11 is 5.36. The fourth-order valence-corrected chi connectivity index (χ4v) is 3.11. The van der Waals surface area contributed by atoms with Gasteiger partial charge in [0, 0.05) is 18.8 Å². The first kappa shape index (κ1) is 15.8. The molecule has 0 saturated carbocycles. The molecule has 0 fully saturated rings. The fourth-order valence-electron chi connectivity index (χ4n) is 3.01. The Bertz CT molecular complexity index is 875. The Kier molecular flexibility index (Phi) is 4.24. The molecule has 4 rings (SSSR count). The largest absolute Gasteiger partial charge is 0.437 e. The molecular weight excluding hydrogens is 338 g/mol. The van der Waals surface area contributed by atoms with Crippen molar-refractivity contribution in [3.63, 3.8) is 0 Å². The SMILES string of the molecule is O=C(Cl)c1cnc(Oc2ccc3c(c2)CCN(C2=CC=C2)CC3)cn1. The number of hydrogen-bond donors (Lipinski definition) is 0. The molecule has 0 bridgehead atoms. The second-order valence-corrected chi connectivity index (χ2v) is 6.33. The molecule has 0 atom stereocenters. The number of carbonyl (C=O) groups excluding carboxylic acids is 1. The van der Waals surface area contributed by atoms with Gasteiger partial charge >= 0.3 is 0 Å². The smallest absolute Gasteiger partial charge is 0.272 e. The van der Waals surface area contributed by atoms with Crippen molar-refractivity contribution in [2.24, 2.45) is 0 Å². The minimum Gasteiger partial charge on any atom is -0.437 e. The van der Waals surface area contributed by atoms with Crippen molar-refractivity contribution in [3.05, 3.63) is 71.3 Å². The summed E-state index contributed by atoms with van der Waals surface area (Å²) in [7, 11) is 0. The zero-order valence-corrected chi connectivity index (χ0v) is 14.2. The van der Waals surface area contributed by atoms with Crippen molar-refractivity contribution in [3.8, 4) is 11.6 Å². The van der Waals surface area contributed by atoms with E-state index in [-0.39, 0.29) is 5.69 Å². The predicted octanol–water partition coefficient (Wildman–Crippen LogP) is 3.50. The highest BCUT2D eigenvalue weighted by Crippen LogP contribution is 2.26. The Morgan fingerprint density at radius 1 is 1.12 bits per heavy atom. The van der Waals surface area contributed by atoms with Gasteiger partial charge in [-0.25, -0.2) is 9.97 Å². The van der Waals surface area contributed by atoms with Gasteiger partial charge in [-0.3, -0.25) is 4.79 Å². The van der Waals surface area contributed by atoms with Crippen LogP contribution >= 0.6 is 11.6 Å². The van der Waals surface area contributed by atoms with Crippen LogP contribution in [0.15, 0.2) is 54.5 Å². The van der Waals surface area contributed by atoms with Crippen LogP contribution in [0.2, 0.25) is 0 Å². The standard InChI is InChI=1S/C19H16ClN3O2/c20-19(24)17-11-22-18(12-21-17)25-16-5-4-13-6-8-23(15-2-1-3-15)9-7-14(13)10-16/h1-5,10-12H,6-9H2. The molecule has 0 spiro atoms. The van der Waals surface area contributed by atoms with Gasteiger partial charge in [0.15, 0.2) is 0 Å². The first-order chi connectivity index (χ1) is 12.2. The molecule has 0 radical (unpaired) electrons. The van der Waals surface area contributed by atoms with Crippen LogP contribution in [0.5, 0.6) is 11.6 Å². The van der Waals surface area contributed by atoms with Crippen LogP contribution in [0.4, 0.5) is 0 Å². The van der Waals surface area contributed by atoms with Crippen LogP contribution < -0.4 is 4.74 Å². The molecule has 5 nitrogen and oxygen atoms in total. The maximum atomic E-state index is 11.0. The van der Waals surface area contributed by atoms with E-state index in [0.29, 0.717) is 11.6 Å². The highest BCUT2D eigenvalue weighted by atomic mass is 35.5. The molecule has 1 aliphatic heterocycles. The second kappa shape index (κ2) is 6.69. The Morgan fingerprint density at radius 3 is 2.56 bits per heavy atom. The Balaban J connectivity index is 1.48. The lowest BCUT2D eigenvalue weighted by atomic mass is 10.0. The third-order valence-electron chi connectivity index (χ3n) is 4.43. The number of aromatic nitrogens is 2. The number of hydrogen-bond acceptors (Lipinski definition) is 5. The molecule has 1 aromatic carbocycles. The number of benzene rings is 1. The Morgan fingerprint density at radius 2 is 1.92 bits per heavy atom. The average Bonchev–Trinajstić information content (AvgIpc) is 2.77. The van der Waals surface area contributed by atoms with E-state index in [1.165, 1.54) is 29.2 Å². The third kappa shape index (κ3) is 3.42. The van der Waals surface area contributed by atoms with Crippen LogP contribution in [0, 0.1) is 0 Å². The van der Waals surface area contributed by atoms with E-state index >= 15 is 0 Å². The summed E-state index contributed by atoms with van der Waals surface area (Å²) in [6.07, 6.45) is 11.1. The lowest BCUT2D eigenvalue weighted by molar-refractivity contribution is 0.107. The Labute approximate surface area is 150 Å². The van der Waals surface area contributed by atoms with Crippen LogP contribution in [-0.2, 0) is 12.8 Å². The molecule has 126 valence electrons. The minimum absolute atomic E-state index is 0.107. The maximum Gasteiger partial charge on any atom is 0.272 e. The van der Waals surface area contributed by atoms with Crippen molar-refractivity contribution in [2.75, 3.05) is 13.1 Å². The fraction of sp³-hybridized carbons (Fsp3) is 0.211. The third-order valence-corrected chi connectivity index (χ3v) is 4.62. The Hall–Kier alpha value is -2.66. The molecule has 1 aliphatic carbocycles. The number of rotatable bonds is 4. The number of ether oxygens (including phenoxy) is 1. The summed E-state index contributed by atoms with van der Waals surface area (Å²) in [4.78, 5) is 21.4. The van der Waals surface area contributed by atoms with Gasteiger partial charge < -0.3 is 9.64 Å². The average molecular weight is 354 g/mol. The molecule has 6 heteroatoms. The zero-order valence-electron chi connectivity index (χ0n) is 13.5. The van der Waals surface area contributed by atoms with Gasteiger partial charge in [-0.2, -0.15) is 0 Å². The molecule has 0 amide bonds. The summed E-state index contributed by atoms with van der Waals surface area (Å²) in [5.41, 5.74) is 4.07. The number of fused-ring (bicyclic) bond motifs is 1. The molecule has 25 heavy (non-hydrogen) atoms.